The minimum absolute atomic E-state index is 0.0691. The molecule has 2 aromatic rings. The van der Waals surface area contributed by atoms with Crippen LogP contribution in [0.15, 0.2) is 28.0 Å². The molecule has 1 aliphatic heterocycles. The average molecular weight is 488 g/mol. The van der Waals surface area contributed by atoms with E-state index in [1.54, 1.807) is 14.2 Å². The zero-order valence-corrected chi connectivity index (χ0v) is 20.7. The van der Waals surface area contributed by atoms with Crippen LogP contribution in [-0.4, -0.2) is 54.7 Å². The smallest absolute Gasteiger partial charge is 0.348 e. The van der Waals surface area contributed by atoms with Crippen molar-refractivity contribution in [3.63, 3.8) is 0 Å². The highest BCUT2D eigenvalue weighted by Gasteiger charge is 2.24. The molecule has 8 nitrogen and oxygen atoms in total. The lowest BCUT2D eigenvalue weighted by molar-refractivity contribution is -0.118. The van der Waals surface area contributed by atoms with E-state index in [1.165, 1.54) is 11.8 Å². The maximum absolute atomic E-state index is 12.8. The van der Waals surface area contributed by atoms with Gasteiger partial charge in [0, 0.05) is 24.4 Å². The van der Waals surface area contributed by atoms with Crippen molar-refractivity contribution in [2.75, 3.05) is 33.1 Å². The Hall–Kier alpha value is -2.52. The number of amides is 1. The summed E-state index contributed by atoms with van der Waals surface area (Å²) in [7, 11) is 3.21. The number of nitrogens with zero attached hydrogens (tertiary/aromatic N) is 2. The summed E-state index contributed by atoms with van der Waals surface area (Å²) in [4.78, 5) is 29.7. The van der Waals surface area contributed by atoms with E-state index in [-0.39, 0.29) is 23.5 Å². The SMILES string of the molecule is COc1ccc(CCNC(=O)CSc2nc(=O)n(CC3CCCO3)c3c2CCCC3)cc1OC. The van der Waals surface area contributed by atoms with Gasteiger partial charge in [-0.1, -0.05) is 17.8 Å². The van der Waals surface area contributed by atoms with Crippen molar-refractivity contribution in [3.05, 3.63) is 45.5 Å². The molecule has 1 fully saturated rings. The van der Waals surface area contributed by atoms with Gasteiger partial charge >= 0.3 is 5.69 Å². The van der Waals surface area contributed by atoms with E-state index < -0.39 is 0 Å². The fourth-order valence-electron chi connectivity index (χ4n) is 4.61. The van der Waals surface area contributed by atoms with Gasteiger partial charge in [0.25, 0.3) is 0 Å². The van der Waals surface area contributed by atoms with Crippen LogP contribution in [0.3, 0.4) is 0 Å². The van der Waals surface area contributed by atoms with E-state index in [1.807, 2.05) is 22.8 Å². The van der Waals surface area contributed by atoms with Crippen molar-refractivity contribution in [1.82, 2.24) is 14.9 Å². The third kappa shape index (κ3) is 5.93. The molecule has 184 valence electrons. The first-order valence-corrected chi connectivity index (χ1v) is 12.9. The van der Waals surface area contributed by atoms with Crippen molar-refractivity contribution in [2.45, 2.75) is 62.6 Å². The van der Waals surface area contributed by atoms with Gasteiger partial charge in [-0.05, 0) is 62.6 Å². The molecule has 0 radical (unpaired) electrons. The molecule has 1 aromatic heterocycles. The molecule has 1 atom stereocenters. The zero-order chi connectivity index (χ0) is 23.9. The molecule has 1 aromatic carbocycles. The Bertz CT molecular complexity index is 1070. The second-order valence-electron chi connectivity index (χ2n) is 8.66. The van der Waals surface area contributed by atoms with Crippen molar-refractivity contribution >= 4 is 17.7 Å². The molecule has 0 saturated carbocycles. The maximum atomic E-state index is 12.8. The summed E-state index contributed by atoms with van der Waals surface area (Å²) < 4.78 is 18.2. The highest BCUT2D eigenvalue weighted by molar-refractivity contribution is 7.99. The minimum Gasteiger partial charge on any atom is -0.493 e. The fourth-order valence-corrected chi connectivity index (χ4v) is 5.52. The van der Waals surface area contributed by atoms with Crippen LogP contribution in [0.4, 0.5) is 0 Å². The molecular formula is C25H33N3O5S. The van der Waals surface area contributed by atoms with Gasteiger partial charge in [-0.25, -0.2) is 4.79 Å². The molecule has 0 bridgehead atoms. The summed E-state index contributed by atoms with van der Waals surface area (Å²) in [6.07, 6.45) is 6.75. The number of methoxy groups -OCH3 is 2. The van der Waals surface area contributed by atoms with Crippen molar-refractivity contribution in [3.8, 4) is 11.5 Å². The highest BCUT2D eigenvalue weighted by atomic mass is 32.2. The highest BCUT2D eigenvalue weighted by Crippen LogP contribution is 2.29. The Morgan fingerprint density at radius 3 is 2.79 bits per heavy atom. The number of hydrogen-bond acceptors (Lipinski definition) is 7. The number of aromatic nitrogens is 2. The Balaban J connectivity index is 1.34. The predicted octanol–water partition coefficient (Wildman–Crippen LogP) is 2.77. The fraction of sp³-hybridized carbons (Fsp3) is 0.560. The summed E-state index contributed by atoms with van der Waals surface area (Å²) in [6.45, 7) is 1.86. The lowest BCUT2D eigenvalue weighted by atomic mass is 9.97. The molecule has 9 heteroatoms. The number of nitrogens with one attached hydrogen (secondary N) is 1. The van der Waals surface area contributed by atoms with Gasteiger partial charge in [-0.15, -0.1) is 0 Å². The largest absolute Gasteiger partial charge is 0.493 e. The molecule has 1 amide bonds. The lowest BCUT2D eigenvalue weighted by Crippen LogP contribution is -2.34. The van der Waals surface area contributed by atoms with Crippen LogP contribution in [0.25, 0.3) is 0 Å². The van der Waals surface area contributed by atoms with Gasteiger partial charge in [0.2, 0.25) is 5.91 Å². The molecule has 1 unspecified atom stereocenters. The van der Waals surface area contributed by atoms with Crippen molar-refractivity contribution < 1.29 is 19.0 Å². The van der Waals surface area contributed by atoms with E-state index >= 15 is 0 Å². The summed E-state index contributed by atoms with van der Waals surface area (Å²) in [5.74, 6) is 1.52. The maximum Gasteiger partial charge on any atom is 0.348 e. The number of hydrogen-bond donors (Lipinski definition) is 1. The summed E-state index contributed by atoms with van der Waals surface area (Å²) >= 11 is 1.36. The van der Waals surface area contributed by atoms with Gasteiger partial charge in [0.05, 0.1) is 32.6 Å². The van der Waals surface area contributed by atoms with E-state index in [0.717, 1.165) is 62.0 Å². The zero-order valence-electron chi connectivity index (χ0n) is 19.9. The first kappa shape index (κ1) is 24.6. The molecule has 2 aliphatic rings. The number of carbonyl (C=O) groups excluding carboxylic acids is 1. The Morgan fingerprint density at radius 2 is 2.03 bits per heavy atom. The quantitative estimate of drug-likeness (QED) is 0.407. The van der Waals surface area contributed by atoms with Crippen molar-refractivity contribution in [1.29, 1.82) is 0 Å². The number of ether oxygens (including phenoxy) is 3. The van der Waals surface area contributed by atoms with Gasteiger partial charge < -0.3 is 19.5 Å². The molecule has 0 spiro atoms. The standard InChI is InChI=1S/C25H33N3O5S/c1-31-21-10-9-17(14-22(21)32-2)11-12-26-23(29)16-34-24-19-7-3-4-8-20(19)28(25(30)27-24)15-18-6-5-13-33-18/h9-10,14,18H,3-8,11-13,15-16H2,1-2H3,(H,26,29). The molecule has 1 N–H and O–H groups in total. The summed E-state index contributed by atoms with van der Waals surface area (Å²) in [5.41, 5.74) is 3.04. The average Bonchev–Trinajstić information content (AvgIpc) is 3.38. The van der Waals surface area contributed by atoms with Crippen molar-refractivity contribution in [2.24, 2.45) is 0 Å². The van der Waals surface area contributed by atoms with Gasteiger partial charge in [0.1, 0.15) is 5.03 Å². The molecule has 1 aliphatic carbocycles. The summed E-state index contributed by atoms with van der Waals surface area (Å²) in [6, 6.07) is 5.74. The topological polar surface area (TPSA) is 91.7 Å². The van der Waals surface area contributed by atoms with Gasteiger partial charge in [-0.3, -0.25) is 9.36 Å². The third-order valence-electron chi connectivity index (χ3n) is 6.38. The predicted molar refractivity (Wildman–Crippen MR) is 131 cm³/mol. The Labute approximate surface area is 204 Å². The molecule has 4 rings (SSSR count). The van der Waals surface area contributed by atoms with Gasteiger partial charge in [0.15, 0.2) is 11.5 Å². The number of benzene rings is 1. The number of rotatable bonds is 10. The first-order chi connectivity index (χ1) is 16.6. The Kier molecular flexibility index (Phi) is 8.50. The molecular weight excluding hydrogens is 454 g/mol. The van der Waals surface area contributed by atoms with Crippen LogP contribution < -0.4 is 20.5 Å². The normalized spacial score (nSPS) is 17.3. The summed E-state index contributed by atoms with van der Waals surface area (Å²) in [5, 5.41) is 3.67. The van der Waals surface area contributed by atoms with Crippen LogP contribution in [-0.2, 0) is 35.3 Å². The van der Waals surface area contributed by atoms with Crippen LogP contribution in [0.2, 0.25) is 0 Å². The minimum atomic E-state index is -0.229. The van der Waals surface area contributed by atoms with Gasteiger partial charge in [-0.2, -0.15) is 4.98 Å². The van der Waals surface area contributed by atoms with E-state index in [2.05, 4.69) is 10.3 Å². The number of thioether (sulfide) groups is 1. The van der Waals surface area contributed by atoms with E-state index in [4.69, 9.17) is 14.2 Å². The molecule has 34 heavy (non-hydrogen) atoms. The van der Waals surface area contributed by atoms with Crippen LogP contribution in [0.1, 0.15) is 42.5 Å². The monoisotopic (exact) mass is 487 g/mol. The molecule has 2 heterocycles. The second-order valence-corrected chi connectivity index (χ2v) is 9.62. The lowest BCUT2D eigenvalue weighted by Gasteiger charge is -2.24. The van der Waals surface area contributed by atoms with E-state index in [9.17, 15) is 9.59 Å². The van der Waals surface area contributed by atoms with Crippen LogP contribution >= 0.6 is 11.8 Å². The van der Waals surface area contributed by atoms with Crippen LogP contribution in [0.5, 0.6) is 11.5 Å². The molecule has 1 saturated heterocycles. The van der Waals surface area contributed by atoms with Crippen LogP contribution in [0, 0.1) is 0 Å². The second kappa shape index (κ2) is 11.8. The first-order valence-electron chi connectivity index (χ1n) is 11.9. The number of carbonyl (C=O) groups is 1. The number of fused-ring (bicyclic) bond motifs is 1. The Morgan fingerprint density at radius 1 is 1.21 bits per heavy atom. The third-order valence-corrected chi connectivity index (χ3v) is 7.40. The van der Waals surface area contributed by atoms with E-state index in [0.29, 0.717) is 36.0 Å².